The van der Waals surface area contributed by atoms with Crippen molar-refractivity contribution in [1.82, 2.24) is 9.97 Å². The fraction of sp³-hybridized carbons (Fsp3) is 0.538. The van der Waals surface area contributed by atoms with Gasteiger partial charge in [0.25, 0.3) is 0 Å². The van der Waals surface area contributed by atoms with Gasteiger partial charge in [-0.1, -0.05) is 6.92 Å². The lowest BCUT2D eigenvalue weighted by molar-refractivity contribution is 0.166. The predicted molar refractivity (Wildman–Crippen MR) is 79.0 cm³/mol. The number of aromatic nitrogens is 2. The third-order valence-electron chi connectivity index (χ3n) is 3.37. The van der Waals surface area contributed by atoms with Crippen molar-refractivity contribution in [2.75, 3.05) is 25.2 Å². The Hall–Kier alpha value is -1.44. The van der Waals surface area contributed by atoms with Crippen molar-refractivity contribution in [1.29, 1.82) is 0 Å². The Balaban J connectivity index is 1.87. The number of anilines is 1. The zero-order valence-corrected chi connectivity index (χ0v) is 12.2. The molecule has 0 radical (unpaired) electrons. The summed E-state index contributed by atoms with van der Waals surface area (Å²) < 4.78 is 11.2. The van der Waals surface area contributed by atoms with E-state index >= 15 is 0 Å². The summed E-state index contributed by atoms with van der Waals surface area (Å²) in [4.78, 5) is 10.9. The maximum absolute atomic E-state index is 5.88. The first-order chi connectivity index (χ1) is 9.80. The SMILES string of the molecule is CCc1cc2c(OCC3CCOC3)nc(NN)nc2s1. The van der Waals surface area contributed by atoms with Crippen LogP contribution in [0.1, 0.15) is 18.2 Å². The van der Waals surface area contributed by atoms with Crippen molar-refractivity contribution in [2.45, 2.75) is 19.8 Å². The smallest absolute Gasteiger partial charge is 0.241 e. The molecule has 1 fully saturated rings. The molecule has 3 rings (SSSR count). The zero-order valence-electron chi connectivity index (χ0n) is 11.4. The van der Waals surface area contributed by atoms with E-state index in [0.29, 0.717) is 24.4 Å². The van der Waals surface area contributed by atoms with E-state index in [1.54, 1.807) is 11.3 Å². The molecule has 0 aliphatic carbocycles. The molecule has 0 saturated carbocycles. The van der Waals surface area contributed by atoms with E-state index in [2.05, 4.69) is 28.4 Å². The van der Waals surface area contributed by atoms with Gasteiger partial charge in [0, 0.05) is 17.4 Å². The maximum Gasteiger partial charge on any atom is 0.241 e. The molecule has 1 saturated heterocycles. The van der Waals surface area contributed by atoms with E-state index in [-0.39, 0.29) is 0 Å². The average molecular weight is 294 g/mol. The quantitative estimate of drug-likeness (QED) is 0.648. The van der Waals surface area contributed by atoms with Crippen molar-refractivity contribution >= 4 is 27.5 Å². The Bertz CT molecular complexity index is 595. The molecule has 0 aromatic carbocycles. The van der Waals surface area contributed by atoms with Gasteiger partial charge in [0.1, 0.15) is 4.83 Å². The van der Waals surface area contributed by atoms with E-state index in [0.717, 1.165) is 36.3 Å². The summed E-state index contributed by atoms with van der Waals surface area (Å²) in [6.45, 7) is 4.32. The van der Waals surface area contributed by atoms with Gasteiger partial charge in [-0.05, 0) is 18.9 Å². The van der Waals surface area contributed by atoms with Crippen LogP contribution in [0.3, 0.4) is 0 Å². The Labute approximate surface area is 121 Å². The van der Waals surface area contributed by atoms with Crippen molar-refractivity contribution in [3.8, 4) is 5.88 Å². The summed E-state index contributed by atoms with van der Waals surface area (Å²) in [6, 6.07) is 2.10. The first kappa shape index (κ1) is 13.5. The second-order valence-corrected chi connectivity index (χ2v) is 5.94. The number of nitrogens with zero attached hydrogens (tertiary/aromatic N) is 2. The molecular formula is C13H18N4O2S. The van der Waals surface area contributed by atoms with Gasteiger partial charge in [-0.15, -0.1) is 11.3 Å². The second-order valence-electron chi connectivity index (χ2n) is 4.82. The van der Waals surface area contributed by atoms with Crippen LogP contribution < -0.4 is 16.0 Å². The fourth-order valence-electron chi connectivity index (χ4n) is 2.21. The van der Waals surface area contributed by atoms with Crippen LogP contribution in [0.15, 0.2) is 6.07 Å². The largest absolute Gasteiger partial charge is 0.477 e. The standard InChI is InChI=1S/C13H18N4O2S/c1-2-9-5-10-11(19-7-8-3-4-18-6-8)15-13(17-14)16-12(10)20-9/h5,8H,2-4,6-7,14H2,1H3,(H,15,16,17). The lowest BCUT2D eigenvalue weighted by atomic mass is 10.1. The highest BCUT2D eigenvalue weighted by Gasteiger charge is 2.18. The van der Waals surface area contributed by atoms with Gasteiger partial charge in [-0.3, -0.25) is 5.43 Å². The Morgan fingerprint density at radius 2 is 2.45 bits per heavy atom. The molecule has 1 unspecified atom stereocenters. The number of thiophene rings is 1. The second kappa shape index (κ2) is 5.90. The number of nitrogens with one attached hydrogen (secondary N) is 1. The number of aryl methyl sites for hydroxylation is 1. The number of nitrogens with two attached hydrogens (primary N) is 1. The van der Waals surface area contributed by atoms with Crippen LogP contribution >= 0.6 is 11.3 Å². The topological polar surface area (TPSA) is 82.3 Å². The normalized spacial score (nSPS) is 18.6. The van der Waals surface area contributed by atoms with Crippen LogP contribution in [0.25, 0.3) is 10.2 Å². The molecule has 1 atom stereocenters. The van der Waals surface area contributed by atoms with Gasteiger partial charge in [0.05, 0.1) is 18.6 Å². The molecule has 2 aromatic rings. The van der Waals surface area contributed by atoms with Crippen LogP contribution in [0.5, 0.6) is 5.88 Å². The van der Waals surface area contributed by atoms with Gasteiger partial charge in [0.15, 0.2) is 0 Å². The van der Waals surface area contributed by atoms with Crippen molar-refractivity contribution in [3.63, 3.8) is 0 Å². The van der Waals surface area contributed by atoms with Gasteiger partial charge in [-0.25, -0.2) is 10.8 Å². The predicted octanol–water partition coefficient (Wildman–Crippen LogP) is 1.95. The number of hydrazine groups is 1. The third kappa shape index (κ3) is 2.70. The molecule has 6 nitrogen and oxygen atoms in total. The molecule has 3 N–H and O–H groups in total. The van der Waals surface area contributed by atoms with E-state index in [1.165, 1.54) is 4.88 Å². The van der Waals surface area contributed by atoms with Crippen molar-refractivity contribution < 1.29 is 9.47 Å². The van der Waals surface area contributed by atoms with Crippen molar-refractivity contribution in [3.05, 3.63) is 10.9 Å². The molecule has 2 aromatic heterocycles. The van der Waals surface area contributed by atoms with Gasteiger partial charge in [0.2, 0.25) is 11.8 Å². The maximum atomic E-state index is 5.88. The number of hydrogen-bond acceptors (Lipinski definition) is 7. The first-order valence-corrected chi connectivity index (χ1v) is 7.59. The third-order valence-corrected chi connectivity index (χ3v) is 4.54. The van der Waals surface area contributed by atoms with Gasteiger partial charge < -0.3 is 9.47 Å². The monoisotopic (exact) mass is 294 g/mol. The molecule has 0 spiro atoms. The van der Waals surface area contributed by atoms with E-state index in [9.17, 15) is 0 Å². The Morgan fingerprint density at radius 1 is 1.55 bits per heavy atom. The summed E-state index contributed by atoms with van der Waals surface area (Å²) in [6.07, 6.45) is 2.02. The first-order valence-electron chi connectivity index (χ1n) is 6.77. The van der Waals surface area contributed by atoms with Crippen LogP contribution in [0, 0.1) is 5.92 Å². The minimum atomic E-state index is 0.389. The lowest BCUT2D eigenvalue weighted by Crippen LogP contribution is -2.14. The summed E-state index contributed by atoms with van der Waals surface area (Å²) in [5, 5.41) is 0.963. The number of fused-ring (bicyclic) bond motifs is 1. The molecule has 7 heteroatoms. The molecule has 20 heavy (non-hydrogen) atoms. The number of rotatable bonds is 5. The molecule has 108 valence electrons. The average Bonchev–Trinajstić information content (AvgIpc) is 3.12. The van der Waals surface area contributed by atoms with E-state index in [4.69, 9.17) is 15.3 Å². The van der Waals surface area contributed by atoms with Crippen LogP contribution in [-0.2, 0) is 11.2 Å². The zero-order chi connectivity index (χ0) is 13.9. The highest BCUT2D eigenvalue weighted by atomic mass is 32.1. The van der Waals surface area contributed by atoms with Gasteiger partial charge in [-0.2, -0.15) is 4.98 Å². The number of nitrogen functional groups attached to an aromatic ring is 1. The van der Waals surface area contributed by atoms with Crippen molar-refractivity contribution in [2.24, 2.45) is 11.8 Å². The van der Waals surface area contributed by atoms with E-state index < -0.39 is 0 Å². The molecule has 3 heterocycles. The van der Waals surface area contributed by atoms with Gasteiger partial charge >= 0.3 is 0 Å². The van der Waals surface area contributed by atoms with Crippen LogP contribution in [0.2, 0.25) is 0 Å². The fourth-order valence-corrected chi connectivity index (χ4v) is 3.16. The minimum absolute atomic E-state index is 0.389. The van der Waals surface area contributed by atoms with Crippen LogP contribution in [-0.4, -0.2) is 29.8 Å². The molecular weight excluding hydrogens is 276 g/mol. The number of ether oxygens (including phenoxy) is 2. The lowest BCUT2D eigenvalue weighted by Gasteiger charge is -2.11. The summed E-state index contributed by atoms with van der Waals surface area (Å²) >= 11 is 1.65. The molecule has 0 amide bonds. The highest BCUT2D eigenvalue weighted by Crippen LogP contribution is 2.32. The molecule has 1 aliphatic rings. The Kier molecular flexibility index (Phi) is 4.00. The number of hydrogen-bond donors (Lipinski definition) is 2. The molecule has 0 bridgehead atoms. The van der Waals surface area contributed by atoms with Crippen LogP contribution in [0.4, 0.5) is 5.95 Å². The molecule has 1 aliphatic heterocycles. The minimum Gasteiger partial charge on any atom is -0.477 e. The summed E-state index contributed by atoms with van der Waals surface area (Å²) in [5.41, 5.74) is 2.49. The van der Waals surface area contributed by atoms with E-state index in [1.807, 2.05) is 0 Å². The summed E-state index contributed by atoms with van der Waals surface area (Å²) in [7, 11) is 0. The highest BCUT2D eigenvalue weighted by molar-refractivity contribution is 7.18. The summed E-state index contributed by atoms with van der Waals surface area (Å²) in [5.74, 6) is 6.86. The Morgan fingerprint density at radius 3 is 3.15 bits per heavy atom.